The fourth-order valence-electron chi connectivity index (χ4n) is 1.23. The van der Waals surface area contributed by atoms with E-state index < -0.39 is 0 Å². The van der Waals surface area contributed by atoms with Crippen molar-refractivity contribution >= 4 is 27.5 Å². The SMILES string of the molecule is Clc1cccc(-c2ccccc2Br)n1. The van der Waals surface area contributed by atoms with Gasteiger partial charge in [-0.25, -0.2) is 4.98 Å². The summed E-state index contributed by atoms with van der Waals surface area (Å²) in [7, 11) is 0. The number of pyridine rings is 1. The average Bonchev–Trinajstić information content (AvgIpc) is 2.18. The van der Waals surface area contributed by atoms with Gasteiger partial charge in [-0.05, 0) is 18.2 Å². The summed E-state index contributed by atoms with van der Waals surface area (Å²) in [6.45, 7) is 0. The van der Waals surface area contributed by atoms with Gasteiger partial charge in [0.15, 0.2) is 0 Å². The topological polar surface area (TPSA) is 12.9 Å². The summed E-state index contributed by atoms with van der Waals surface area (Å²) >= 11 is 9.30. The Morgan fingerprint density at radius 1 is 1.00 bits per heavy atom. The Bertz CT molecular complexity index is 457. The standard InChI is InChI=1S/C11H7BrClN/c12-9-5-2-1-4-8(9)10-6-3-7-11(13)14-10/h1-7H. The highest BCUT2D eigenvalue weighted by Gasteiger charge is 2.02. The molecule has 1 nitrogen and oxygen atoms in total. The molecule has 70 valence electrons. The van der Waals surface area contributed by atoms with Crippen LogP contribution in [0.25, 0.3) is 11.3 Å². The highest BCUT2D eigenvalue weighted by Crippen LogP contribution is 2.26. The van der Waals surface area contributed by atoms with Crippen LogP contribution in [0.4, 0.5) is 0 Å². The third-order valence-electron chi connectivity index (χ3n) is 1.86. The van der Waals surface area contributed by atoms with Crippen LogP contribution in [0.1, 0.15) is 0 Å². The Morgan fingerprint density at radius 2 is 1.79 bits per heavy atom. The van der Waals surface area contributed by atoms with E-state index in [-0.39, 0.29) is 0 Å². The third-order valence-corrected chi connectivity index (χ3v) is 2.77. The maximum atomic E-state index is 5.82. The van der Waals surface area contributed by atoms with Gasteiger partial charge in [0.2, 0.25) is 0 Å². The van der Waals surface area contributed by atoms with Gasteiger partial charge in [0, 0.05) is 10.0 Å². The van der Waals surface area contributed by atoms with E-state index in [9.17, 15) is 0 Å². The molecule has 0 saturated carbocycles. The number of hydrogen-bond donors (Lipinski definition) is 0. The lowest BCUT2D eigenvalue weighted by atomic mass is 10.1. The first-order valence-electron chi connectivity index (χ1n) is 4.15. The lowest BCUT2D eigenvalue weighted by Crippen LogP contribution is -1.84. The van der Waals surface area contributed by atoms with Gasteiger partial charge in [-0.15, -0.1) is 0 Å². The first kappa shape index (κ1) is 9.69. The van der Waals surface area contributed by atoms with E-state index in [2.05, 4.69) is 20.9 Å². The normalized spacial score (nSPS) is 10.1. The van der Waals surface area contributed by atoms with E-state index in [1.165, 1.54) is 0 Å². The van der Waals surface area contributed by atoms with Gasteiger partial charge >= 0.3 is 0 Å². The Kier molecular flexibility index (Phi) is 2.85. The average molecular weight is 269 g/mol. The Balaban J connectivity index is 2.55. The predicted octanol–water partition coefficient (Wildman–Crippen LogP) is 4.16. The minimum atomic E-state index is 0.512. The summed E-state index contributed by atoms with van der Waals surface area (Å²) in [4.78, 5) is 4.24. The molecule has 0 N–H and O–H groups in total. The van der Waals surface area contributed by atoms with Gasteiger partial charge < -0.3 is 0 Å². The quantitative estimate of drug-likeness (QED) is 0.708. The molecule has 0 radical (unpaired) electrons. The van der Waals surface area contributed by atoms with Crippen molar-refractivity contribution in [1.82, 2.24) is 4.98 Å². The first-order valence-corrected chi connectivity index (χ1v) is 5.32. The van der Waals surface area contributed by atoms with Crippen molar-refractivity contribution in [2.45, 2.75) is 0 Å². The molecule has 0 unspecified atom stereocenters. The molecule has 0 fully saturated rings. The predicted molar refractivity (Wildman–Crippen MR) is 62.4 cm³/mol. The number of rotatable bonds is 1. The van der Waals surface area contributed by atoms with E-state index in [0.717, 1.165) is 15.7 Å². The van der Waals surface area contributed by atoms with Gasteiger partial charge in [0.1, 0.15) is 5.15 Å². The summed E-state index contributed by atoms with van der Waals surface area (Å²) in [5.41, 5.74) is 1.93. The minimum Gasteiger partial charge on any atom is -0.236 e. The van der Waals surface area contributed by atoms with Crippen LogP contribution in [0.3, 0.4) is 0 Å². The molecular weight excluding hydrogens is 261 g/mol. The number of halogens is 2. The number of aromatic nitrogens is 1. The molecule has 1 aromatic carbocycles. The zero-order valence-corrected chi connectivity index (χ0v) is 9.59. The zero-order valence-electron chi connectivity index (χ0n) is 7.24. The maximum Gasteiger partial charge on any atom is 0.129 e. The molecule has 0 spiro atoms. The molecule has 14 heavy (non-hydrogen) atoms. The van der Waals surface area contributed by atoms with E-state index >= 15 is 0 Å². The van der Waals surface area contributed by atoms with E-state index in [1.807, 2.05) is 36.4 Å². The van der Waals surface area contributed by atoms with Crippen molar-refractivity contribution < 1.29 is 0 Å². The molecule has 2 aromatic rings. The van der Waals surface area contributed by atoms with Crippen molar-refractivity contribution in [2.75, 3.05) is 0 Å². The van der Waals surface area contributed by atoms with Crippen molar-refractivity contribution in [2.24, 2.45) is 0 Å². The molecule has 0 aliphatic carbocycles. The molecule has 0 aliphatic heterocycles. The van der Waals surface area contributed by atoms with Crippen LogP contribution in [0.2, 0.25) is 5.15 Å². The van der Waals surface area contributed by atoms with Crippen LogP contribution in [0.5, 0.6) is 0 Å². The summed E-state index contributed by atoms with van der Waals surface area (Å²) in [5, 5.41) is 0.512. The van der Waals surface area contributed by atoms with Crippen molar-refractivity contribution in [3.63, 3.8) is 0 Å². The summed E-state index contributed by atoms with van der Waals surface area (Å²) in [6, 6.07) is 13.5. The highest BCUT2D eigenvalue weighted by atomic mass is 79.9. The summed E-state index contributed by atoms with van der Waals surface area (Å²) in [6.07, 6.45) is 0. The van der Waals surface area contributed by atoms with E-state index in [1.54, 1.807) is 6.07 Å². The summed E-state index contributed by atoms with van der Waals surface area (Å²) in [5.74, 6) is 0. The van der Waals surface area contributed by atoms with E-state index in [4.69, 9.17) is 11.6 Å². The van der Waals surface area contributed by atoms with Gasteiger partial charge in [-0.3, -0.25) is 0 Å². The molecule has 1 aromatic heterocycles. The van der Waals surface area contributed by atoms with Crippen molar-refractivity contribution in [3.8, 4) is 11.3 Å². The van der Waals surface area contributed by atoms with Gasteiger partial charge in [0.25, 0.3) is 0 Å². The fourth-order valence-corrected chi connectivity index (χ4v) is 1.88. The third kappa shape index (κ3) is 1.97. The van der Waals surface area contributed by atoms with Gasteiger partial charge in [-0.1, -0.05) is 51.8 Å². The smallest absolute Gasteiger partial charge is 0.129 e. The second-order valence-electron chi connectivity index (χ2n) is 2.83. The summed E-state index contributed by atoms with van der Waals surface area (Å²) < 4.78 is 1.02. The zero-order chi connectivity index (χ0) is 9.97. The lowest BCUT2D eigenvalue weighted by molar-refractivity contribution is 1.32. The van der Waals surface area contributed by atoms with Crippen LogP contribution in [-0.2, 0) is 0 Å². The molecule has 1 heterocycles. The Hall–Kier alpha value is -0.860. The Labute approximate surface area is 95.9 Å². The van der Waals surface area contributed by atoms with Crippen LogP contribution in [0, 0.1) is 0 Å². The van der Waals surface area contributed by atoms with E-state index in [0.29, 0.717) is 5.15 Å². The molecule has 0 atom stereocenters. The second-order valence-corrected chi connectivity index (χ2v) is 4.07. The van der Waals surface area contributed by atoms with Crippen molar-refractivity contribution in [3.05, 3.63) is 52.1 Å². The minimum absolute atomic E-state index is 0.512. The number of nitrogens with zero attached hydrogens (tertiary/aromatic N) is 1. The molecular formula is C11H7BrClN. The van der Waals surface area contributed by atoms with Crippen LogP contribution >= 0.6 is 27.5 Å². The maximum absolute atomic E-state index is 5.82. The number of benzene rings is 1. The largest absolute Gasteiger partial charge is 0.236 e. The van der Waals surface area contributed by atoms with Crippen molar-refractivity contribution in [1.29, 1.82) is 0 Å². The van der Waals surface area contributed by atoms with Crippen LogP contribution in [-0.4, -0.2) is 4.98 Å². The molecule has 2 rings (SSSR count). The fraction of sp³-hybridized carbons (Fsp3) is 0. The molecule has 0 aliphatic rings. The second kappa shape index (κ2) is 4.11. The van der Waals surface area contributed by atoms with Gasteiger partial charge in [0.05, 0.1) is 5.69 Å². The van der Waals surface area contributed by atoms with Crippen LogP contribution < -0.4 is 0 Å². The van der Waals surface area contributed by atoms with Gasteiger partial charge in [-0.2, -0.15) is 0 Å². The molecule has 0 saturated heterocycles. The van der Waals surface area contributed by atoms with Crippen LogP contribution in [0.15, 0.2) is 46.9 Å². The first-order chi connectivity index (χ1) is 6.77. The Morgan fingerprint density at radius 3 is 2.50 bits per heavy atom. The molecule has 0 amide bonds. The molecule has 3 heteroatoms. The molecule has 0 bridgehead atoms. The monoisotopic (exact) mass is 267 g/mol. The highest BCUT2D eigenvalue weighted by molar-refractivity contribution is 9.10. The number of hydrogen-bond acceptors (Lipinski definition) is 1. The lowest BCUT2D eigenvalue weighted by Gasteiger charge is -2.02.